The van der Waals surface area contributed by atoms with Gasteiger partial charge in [-0.3, -0.25) is 4.72 Å². The molecule has 0 aliphatic carbocycles. The van der Waals surface area contributed by atoms with Crippen molar-refractivity contribution < 1.29 is 27.8 Å². The number of hydrogen-bond acceptors (Lipinski definition) is 5. The molecule has 0 spiro atoms. The Balaban J connectivity index is 2.27. The van der Waals surface area contributed by atoms with Gasteiger partial charge in [0, 0.05) is 6.07 Å². The summed E-state index contributed by atoms with van der Waals surface area (Å²) in [5, 5.41) is 8.85. The van der Waals surface area contributed by atoms with Crippen LogP contribution in [0.4, 0.5) is 5.69 Å². The summed E-state index contributed by atoms with van der Waals surface area (Å²) in [7, 11) is -2.39. The van der Waals surface area contributed by atoms with Gasteiger partial charge in [0.1, 0.15) is 0 Å². The Labute approximate surface area is 139 Å². The molecule has 0 radical (unpaired) electrons. The molecule has 2 aromatic rings. The number of carboxylic acids is 1. The Morgan fingerprint density at radius 2 is 1.79 bits per heavy atom. The van der Waals surface area contributed by atoms with Crippen molar-refractivity contribution in [3.05, 3.63) is 48.0 Å². The minimum absolute atomic E-state index is 0.0108. The monoisotopic (exact) mass is 351 g/mol. The number of aromatic carboxylic acids is 1. The van der Waals surface area contributed by atoms with E-state index in [1.54, 1.807) is 12.1 Å². The minimum atomic E-state index is -3.85. The van der Waals surface area contributed by atoms with Crippen LogP contribution in [-0.4, -0.2) is 33.2 Å². The van der Waals surface area contributed by atoms with Crippen molar-refractivity contribution in [2.45, 2.75) is 11.8 Å². The number of sulfonamides is 1. The molecule has 0 fully saturated rings. The zero-order chi connectivity index (χ0) is 17.7. The first-order valence-electron chi connectivity index (χ1n) is 7.04. The molecule has 0 atom stereocenters. The first-order valence-corrected chi connectivity index (χ1v) is 8.52. The smallest absolute Gasteiger partial charge is 0.335 e. The molecule has 0 aliphatic rings. The average Bonchev–Trinajstić information content (AvgIpc) is 2.56. The van der Waals surface area contributed by atoms with Crippen molar-refractivity contribution >= 4 is 21.7 Å². The molecule has 0 heterocycles. The van der Waals surface area contributed by atoms with Crippen LogP contribution in [0.15, 0.2) is 47.4 Å². The average molecular weight is 351 g/mol. The molecule has 0 amide bonds. The standard InChI is InChI=1S/C16H17NO6S/c1-3-23-14-9-6-12(10-15(14)22-2)17-24(20,21)13-7-4-11(5-8-13)16(18)19/h4-10,17H,3H2,1-2H3,(H,18,19). The summed E-state index contributed by atoms with van der Waals surface area (Å²) < 4.78 is 37.7. The van der Waals surface area contributed by atoms with Gasteiger partial charge in [-0.05, 0) is 43.3 Å². The minimum Gasteiger partial charge on any atom is -0.493 e. The molecule has 0 unspecified atom stereocenters. The van der Waals surface area contributed by atoms with E-state index in [2.05, 4.69) is 4.72 Å². The molecule has 128 valence electrons. The second-order valence-electron chi connectivity index (χ2n) is 4.73. The predicted molar refractivity (Wildman–Crippen MR) is 88.4 cm³/mol. The number of rotatable bonds is 7. The van der Waals surface area contributed by atoms with Crippen LogP contribution in [0, 0.1) is 0 Å². The number of benzene rings is 2. The number of carboxylic acid groups (broad SMARTS) is 1. The number of hydrogen-bond donors (Lipinski definition) is 2. The van der Waals surface area contributed by atoms with E-state index in [4.69, 9.17) is 14.6 Å². The zero-order valence-electron chi connectivity index (χ0n) is 13.1. The van der Waals surface area contributed by atoms with Crippen LogP contribution in [0.2, 0.25) is 0 Å². The quantitative estimate of drug-likeness (QED) is 0.795. The third-order valence-electron chi connectivity index (χ3n) is 3.13. The number of ether oxygens (including phenoxy) is 2. The lowest BCUT2D eigenvalue weighted by molar-refractivity contribution is 0.0696. The largest absolute Gasteiger partial charge is 0.493 e. The van der Waals surface area contributed by atoms with Crippen molar-refractivity contribution in [1.82, 2.24) is 0 Å². The van der Waals surface area contributed by atoms with Crippen LogP contribution < -0.4 is 14.2 Å². The van der Waals surface area contributed by atoms with Crippen molar-refractivity contribution in [1.29, 1.82) is 0 Å². The fourth-order valence-electron chi connectivity index (χ4n) is 2.00. The van der Waals surface area contributed by atoms with Crippen molar-refractivity contribution in [3.8, 4) is 11.5 Å². The summed E-state index contributed by atoms with van der Waals surface area (Å²) in [5.74, 6) is -0.213. The van der Waals surface area contributed by atoms with Crippen molar-refractivity contribution in [2.24, 2.45) is 0 Å². The molecule has 0 saturated carbocycles. The van der Waals surface area contributed by atoms with E-state index >= 15 is 0 Å². The van der Waals surface area contributed by atoms with E-state index in [1.807, 2.05) is 6.92 Å². The highest BCUT2D eigenvalue weighted by Gasteiger charge is 2.16. The molecular weight excluding hydrogens is 334 g/mol. The Morgan fingerprint density at radius 1 is 1.12 bits per heavy atom. The lowest BCUT2D eigenvalue weighted by Crippen LogP contribution is -2.13. The molecule has 24 heavy (non-hydrogen) atoms. The van der Waals surface area contributed by atoms with E-state index < -0.39 is 16.0 Å². The third kappa shape index (κ3) is 3.96. The fourth-order valence-corrected chi connectivity index (χ4v) is 3.05. The molecule has 8 heteroatoms. The van der Waals surface area contributed by atoms with Crippen LogP contribution in [0.3, 0.4) is 0 Å². The number of methoxy groups -OCH3 is 1. The van der Waals surface area contributed by atoms with Crippen LogP contribution >= 0.6 is 0 Å². The summed E-state index contributed by atoms with van der Waals surface area (Å²) in [6, 6.07) is 9.60. The maximum Gasteiger partial charge on any atom is 0.335 e. The van der Waals surface area contributed by atoms with Gasteiger partial charge in [-0.15, -0.1) is 0 Å². The van der Waals surface area contributed by atoms with E-state index in [-0.39, 0.29) is 10.5 Å². The van der Waals surface area contributed by atoms with E-state index in [0.717, 1.165) is 0 Å². The van der Waals surface area contributed by atoms with Gasteiger partial charge >= 0.3 is 5.97 Å². The molecule has 2 rings (SSSR count). The van der Waals surface area contributed by atoms with Gasteiger partial charge in [0.2, 0.25) is 0 Å². The van der Waals surface area contributed by atoms with Crippen LogP contribution in [0.5, 0.6) is 11.5 Å². The van der Waals surface area contributed by atoms with E-state index in [0.29, 0.717) is 23.8 Å². The molecule has 2 N–H and O–H groups in total. The maximum absolute atomic E-state index is 12.4. The van der Waals surface area contributed by atoms with Gasteiger partial charge in [0.15, 0.2) is 11.5 Å². The first kappa shape index (κ1) is 17.6. The molecule has 2 aromatic carbocycles. The number of anilines is 1. The number of carbonyl (C=O) groups is 1. The maximum atomic E-state index is 12.4. The first-order chi connectivity index (χ1) is 11.4. The zero-order valence-corrected chi connectivity index (χ0v) is 14.0. The summed E-state index contributed by atoms with van der Waals surface area (Å²) in [6.45, 7) is 2.29. The molecule has 7 nitrogen and oxygen atoms in total. The van der Waals surface area contributed by atoms with Crippen LogP contribution in [0.1, 0.15) is 17.3 Å². The second kappa shape index (κ2) is 7.22. The Morgan fingerprint density at radius 3 is 2.33 bits per heavy atom. The highest BCUT2D eigenvalue weighted by Crippen LogP contribution is 2.31. The molecule has 0 aromatic heterocycles. The summed E-state index contributed by atoms with van der Waals surface area (Å²) in [6.07, 6.45) is 0. The number of nitrogens with one attached hydrogen (secondary N) is 1. The van der Waals surface area contributed by atoms with Crippen molar-refractivity contribution in [3.63, 3.8) is 0 Å². The third-order valence-corrected chi connectivity index (χ3v) is 4.52. The molecule has 0 bridgehead atoms. The SMILES string of the molecule is CCOc1ccc(NS(=O)(=O)c2ccc(C(=O)O)cc2)cc1OC. The van der Waals surface area contributed by atoms with Gasteiger partial charge in [0.25, 0.3) is 10.0 Å². The lowest BCUT2D eigenvalue weighted by Gasteiger charge is -2.12. The normalized spacial score (nSPS) is 10.9. The van der Waals surface area contributed by atoms with Gasteiger partial charge < -0.3 is 14.6 Å². The summed E-state index contributed by atoms with van der Waals surface area (Å²) in [4.78, 5) is 10.8. The van der Waals surface area contributed by atoms with Gasteiger partial charge in [-0.2, -0.15) is 0 Å². The Hall–Kier alpha value is -2.74. The lowest BCUT2D eigenvalue weighted by atomic mass is 10.2. The van der Waals surface area contributed by atoms with E-state index in [1.165, 1.54) is 37.4 Å². The van der Waals surface area contributed by atoms with Crippen LogP contribution in [0.25, 0.3) is 0 Å². The topological polar surface area (TPSA) is 102 Å². The van der Waals surface area contributed by atoms with Gasteiger partial charge in [-0.1, -0.05) is 0 Å². The molecule has 0 saturated heterocycles. The Kier molecular flexibility index (Phi) is 5.30. The molecule has 0 aliphatic heterocycles. The van der Waals surface area contributed by atoms with E-state index in [9.17, 15) is 13.2 Å². The summed E-state index contributed by atoms with van der Waals surface area (Å²) >= 11 is 0. The highest BCUT2D eigenvalue weighted by atomic mass is 32.2. The van der Waals surface area contributed by atoms with Crippen molar-refractivity contribution in [2.75, 3.05) is 18.4 Å². The predicted octanol–water partition coefficient (Wildman–Crippen LogP) is 2.59. The second-order valence-corrected chi connectivity index (χ2v) is 6.42. The van der Waals surface area contributed by atoms with Crippen LogP contribution in [-0.2, 0) is 10.0 Å². The summed E-state index contributed by atoms with van der Waals surface area (Å²) in [5.41, 5.74) is 0.314. The fraction of sp³-hybridized carbons (Fsp3) is 0.188. The Bertz CT molecular complexity index is 830. The van der Waals surface area contributed by atoms with Gasteiger partial charge in [-0.25, -0.2) is 13.2 Å². The van der Waals surface area contributed by atoms with Gasteiger partial charge in [0.05, 0.1) is 29.9 Å². The molecular formula is C16H17NO6S. The highest BCUT2D eigenvalue weighted by molar-refractivity contribution is 7.92.